The number of hydrogen-bond donors (Lipinski definition) is 0. The third-order valence-corrected chi connectivity index (χ3v) is 3.79. The van der Waals surface area contributed by atoms with Crippen molar-refractivity contribution >= 4 is 17.1 Å². The van der Waals surface area contributed by atoms with Crippen molar-refractivity contribution < 1.29 is 18.3 Å². The molecule has 2 aliphatic heterocycles. The van der Waals surface area contributed by atoms with Crippen LogP contribution in [0.25, 0.3) is 0 Å². The fraction of sp³-hybridized carbons (Fsp3) is 0.250. The summed E-state index contributed by atoms with van der Waals surface area (Å²) in [6.45, 7) is 0. The average Bonchev–Trinajstić information content (AvgIpc) is 3.02. The number of halogens is 2. The van der Waals surface area contributed by atoms with Crippen LogP contribution in [0, 0.1) is 0 Å². The zero-order valence-electron chi connectivity index (χ0n) is 12.5. The fourth-order valence-electron chi connectivity index (χ4n) is 2.64. The Kier molecular flexibility index (Phi) is 2.81. The lowest BCUT2D eigenvalue weighted by molar-refractivity contribution is -0.286. The van der Waals surface area contributed by atoms with Crippen LogP contribution in [0.2, 0.25) is 0 Å². The molecule has 0 radical (unpaired) electrons. The topological polar surface area (TPSA) is 47.0 Å². The maximum Gasteiger partial charge on any atom is 0.586 e. The van der Waals surface area contributed by atoms with E-state index in [9.17, 15) is 8.78 Å². The maximum absolute atomic E-state index is 13.1. The van der Waals surface area contributed by atoms with E-state index < -0.39 is 6.29 Å². The predicted molar refractivity (Wildman–Crippen MR) is 81.1 cm³/mol. The molecule has 0 amide bonds. The molecule has 2 aliphatic rings. The first-order chi connectivity index (χ1) is 10.9. The number of nitrogens with zero attached hydrogens (tertiary/aromatic N) is 3. The molecule has 0 N–H and O–H groups in total. The summed E-state index contributed by atoms with van der Waals surface area (Å²) in [6, 6.07) is 5.04. The highest BCUT2D eigenvalue weighted by molar-refractivity contribution is 6.07. The lowest BCUT2D eigenvalue weighted by Crippen LogP contribution is -2.25. The molecule has 0 aliphatic carbocycles. The van der Waals surface area contributed by atoms with Gasteiger partial charge in [-0.1, -0.05) is 0 Å². The van der Waals surface area contributed by atoms with E-state index in [4.69, 9.17) is 0 Å². The van der Waals surface area contributed by atoms with Crippen LogP contribution in [0.4, 0.5) is 20.2 Å². The molecule has 3 heterocycles. The molecule has 0 unspecified atom stereocenters. The number of ether oxygens (including phenoxy) is 2. The zero-order valence-corrected chi connectivity index (χ0v) is 12.5. The minimum atomic E-state index is -3.60. The molecule has 2 aromatic rings. The lowest BCUT2D eigenvalue weighted by atomic mass is 10.0. The minimum Gasteiger partial charge on any atom is -0.395 e. The SMILES string of the molecule is CN(C)c1cncc(C2=Nc3cc4c(cc3C2)OC(F)(F)O4)c1. The number of hydrogen-bond acceptors (Lipinski definition) is 5. The highest BCUT2D eigenvalue weighted by atomic mass is 19.3. The molecule has 0 saturated heterocycles. The Hall–Kier alpha value is -2.70. The predicted octanol–water partition coefficient (Wildman–Crippen LogP) is 3.15. The summed E-state index contributed by atoms with van der Waals surface area (Å²) < 4.78 is 35.1. The van der Waals surface area contributed by atoms with Crippen LogP contribution < -0.4 is 14.4 Å². The molecule has 1 aromatic heterocycles. The van der Waals surface area contributed by atoms with Gasteiger partial charge >= 0.3 is 6.29 Å². The molecular formula is C16H13F2N3O2. The lowest BCUT2D eigenvalue weighted by Gasteiger charge is -2.12. The van der Waals surface area contributed by atoms with Gasteiger partial charge in [0.2, 0.25) is 0 Å². The van der Waals surface area contributed by atoms with Crippen molar-refractivity contribution in [1.82, 2.24) is 4.98 Å². The first-order valence-corrected chi connectivity index (χ1v) is 7.04. The van der Waals surface area contributed by atoms with E-state index in [2.05, 4.69) is 19.5 Å². The number of pyridine rings is 1. The van der Waals surface area contributed by atoms with Gasteiger partial charge in [-0.25, -0.2) is 0 Å². The Balaban J connectivity index is 1.68. The highest BCUT2D eigenvalue weighted by Crippen LogP contribution is 2.46. The standard InChI is InChI=1S/C16H13F2N3O2/c1-21(2)11-3-10(7-19-8-11)12-4-9-5-14-15(6-13(9)20-12)23-16(17,18)22-14/h3,5-8H,4H2,1-2H3. The Morgan fingerprint density at radius 2 is 1.83 bits per heavy atom. The van der Waals surface area contributed by atoms with Gasteiger partial charge in [-0.2, -0.15) is 0 Å². The van der Waals surface area contributed by atoms with E-state index in [1.807, 2.05) is 25.1 Å². The van der Waals surface area contributed by atoms with Crippen LogP contribution in [0.5, 0.6) is 11.5 Å². The first-order valence-electron chi connectivity index (χ1n) is 7.04. The Morgan fingerprint density at radius 1 is 1.09 bits per heavy atom. The van der Waals surface area contributed by atoms with Crippen LogP contribution in [-0.4, -0.2) is 31.1 Å². The fourth-order valence-corrected chi connectivity index (χ4v) is 2.64. The van der Waals surface area contributed by atoms with E-state index in [0.717, 1.165) is 22.5 Å². The van der Waals surface area contributed by atoms with Gasteiger partial charge in [-0.05, 0) is 17.7 Å². The van der Waals surface area contributed by atoms with Crippen LogP contribution >= 0.6 is 0 Å². The number of anilines is 1. The van der Waals surface area contributed by atoms with Gasteiger partial charge in [0.15, 0.2) is 11.5 Å². The van der Waals surface area contributed by atoms with Crippen molar-refractivity contribution in [3.05, 3.63) is 41.7 Å². The molecule has 0 bridgehead atoms. The molecule has 118 valence electrons. The summed E-state index contributed by atoms with van der Waals surface area (Å²) in [5, 5.41) is 0. The van der Waals surface area contributed by atoms with Gasteiger partial charge in [0.05, 0.1) is 23.3 Å². The maximum atomic E-state index is 13.1. The third kappa shape index (κ3) is 2.38. The van der Waals surface area contributed by atoms with Crippen molar-refractivity contribution in [2.75, 3.05) is 19.0 Å². The average molecular weight is 317 g/mol. The van der Waals surface area contributed by atoms with Crippen molar-refractivity contribution in [2.24, 2.45) is 4.99 Å². The van der Waals surface area contributed by atoms with Gasteiger partial charge < -0.3 is 14.4 Å². The van der Waals surface area contributed by atoms with E-state index in [1.54, 1.807) is 18.5 Å². The zero-order chi connectivity index (χ0) is 16.2. The smallest absolute Gasteiger partial charge is 0.395 e. The molecule has 0 fully saturated rings. The Labute approximate surface area is 131 Å². The second-order valence-electron chi connectivity index (χ2n) is 5.66. The summed E-state index contributed by atoms with van der Waals surface area (Å²) in [5.74, 6) is 0.0595. The van der Waals surface area contributed by atoms with Crippen molar-refractivity contribution in [2.45, 2.75) is 12.7 Å². The van der Waals surface area contributed by atoms with Crippen molar-refractivity contribution in [3.63, 3.8) is 0 Å². The second kappa shape index (κ2) is 4.65. The van der Waals surface area contributed by atoms with Crippen molar-refractivity contribution in [3.8, 4) is 11.5 Å². The second-order valence-corrected chi connectivity index (χ2v) is 5.66. The number of aromatic nitrogens is 1. The molecule has 1 aromatic carbocycles. The van der Waals surface area contributed by atoms with E-state index in [0.29, 0.717) is 12.1 Å². The van der Waals surface area contributed by atoms with Crippen LogP contribution in [-0.2, 0) is 6.42 Å². The van der Waals surface area contributed by atoms with Gasteiger partial charge in [0, 0.05) is 38.3 Å². The van der Waals surface area contributed by atoms with Crippen LogP contribution in [0.15, 0.2) is 35.6 Å². The number of benzene rings is 1. The quantitative estimate of drug-likeness (QED) is 0.854. The molecular weight excluding hydrogens is 304 g/mol. The number of alkyl halides is 2. The van der Waals surface area contributed by atoms with Crippen LogP contribution in [0.3, 0.4) is 0 Å². The molecule has 23 heavy (non-hydrogen) atoms. The normalized spacial score (nSPS) is 17.0. The number of fused-ring (bicyclic) bond motifs is 2. The summed E-state index contributed by atoms with van der Waals surface area (Å²) in [7, 11) is 3.87. The van der Waals surface area contributed by atoms with Gasteiger partial charge in [-0.15, -0.1) is 8.78 Å². The van der Waals surface area contributed by atoms with Gasteiger partial charge in [0.1, 0.15) is 0 Å². The van der Waals surface area contributed by atoms with E-state index in [-0.39, 0.29) is 11.5 Å². The Bertz CT molecular complexity index is 834. The highest BCUT2D eigenvalue weighted by Gasteiger charge is 2.44. The molecule has 0 saturated carbocycles. The van der Waals surface area contributed by atoms with Gasteiger partial charge in [-0.3, -0.25) is 9.98 Å². The summed E-state index contributed by atoms with van der Waals surface area (Å²) in [4.78, 5) is 10.7. The summed E-state index contributed by atoms with van der Waals surface area (Å²) >= 11 is 0. The van der Waals surface area contributed by atoms with Crippen LogP contribution in [0.1, 0.15) is 11.1 Å². The Morgan fingerprint density at radius 3 is 2.57 bits per heavy atom. The molecule has 7 heteroatoms. The largest absolute Gasteiger partial charge is 0.586 e. The summed E-state index contributed by atoms with van der Waals surface area (Å²) in [6.07, 6.45) is 0.445. The monoisotopic (exact) mass is 317 g/mol. The molecule has 0 spiro atoms. The first kappa shape index (κ1) is 13.9. The summed E-state index contributed by atoms with van der Waals surface area (Å²) in [5.41, 5.74) is 4.16. The van der Waals surface area contributed by atoms with Crippen molar-refractivity contribution in [1.29, 1.82) is 0 Å². The number of aliphatic imine (C=N–C) groups is 1. The minimum absolute atomic E-state index is 0.0129. The number of rotatable bonds is 2. The van der Waals surface area contributed by atoms with E-state index >= 15 is 0 Å². The molecule has 4 rings (SSSR count). The molecule has 0 atom stereocenters. The third-order valence-electron chi connectivity index (χ3n) is 3.79. The molecule has 5 nitrogen and oxygen atoms in total. The van der Waals surface area contributed by atoms with Gasteiger partial charge in [0.25, 0.3) is 0 Å². The van der Waals surface area contributed by atoms with E-state index in [1.165, 1.54) is 6.07 Å².